The first-order valence-corrected chi connectivity index (χ1v) is 11.3. The Morgan fingerprint density at radius 1 is 1.10 bits per heavy atom. The molecular weight excluding hydrogens is 395 g/mol. The fraction of sp³-hybridized carbons (Fsp3) is 0.609. The van der Waals surface area contributed by atoms with Crippen LogP contribution in [-0.2, 0) is 4.74 Å². The Hall–Kier alpha value is -2.32. The molecule has 0 bridgehead atoms. The first-order chi connectivity index (χ1) is 15.0. The molecule has 2 heterocycles. The van der Waals surface area contributed by atoms with Crippen molar-refractivity contribution in [2.45, 2.75) is 57.5 Å². The van der Waals surface area contributed by atoms with Crippen LogP contribution in [0.3, 0.4) is 0 Å². The maximum absolute atomic E-state index is 14.6. The summed E-state index contributed by atoms with van der Waals surface area (Å²) in [5.74, 6) is 1.02. The summed E-state index contributed by atoms with van der Waals surface area (Å²) in [7, 11) is 1.72. The Balaban J connectivity index is 1.36. The van der Waals surface area contributed by atoms with E-state index < -0.39 is 0 Å². The van der Waals surface area contributed by atoms with Crippen LogP contribution in [0.1, 0.15) is 45.4 Å². The van der Waals surface area contributed by atoms with Crippen molar-refractivity contribution in [1.82, 2.24) is 20.5 Å². The monoisotopic (exact) mass is 428 g/mol. The number of rotatable bonds is 10. The highest BCUT2D eigenvalue weighted by atomic mass is 19.1. The normalized spacial score (nSPS) is 22.2. The zero-order chi connectivity index (χ0) is 21.7. The summed E-state index contributed by atoms with van der Waals surface area (Å²) in [6.45, 7) is 4.74. The lowest BCUT2D eigenvalue weighted by molar-refractivity contribution is 0.191. The minimum Gasteiger partial charge on any atom is -0.383 e. The van der Waals surface area contributed by atoms with Crippen LogP contribution >= 0.6 is 0 Å². The van der Waals surface area contributed by atoms with Gasteiger partial charge in [-0.1, -0.05) is 6.92 Å². The maximum atomic E-state index is 14.6. The van der Waals surface area contributed by atoms with E-state index in [-0.39, 0.29) is 5.82 Å². The second-order valence-corrected chi connectivity index (χ2v) is 9.18. The van der Waals surface area contributed by atoms with E-state index >= 15 is 0 Å². The molecule has 2 saturated carbocycles. The largest absolute Gasteiger partial charge is 0.383 e. The SMILES string of the molecule is COCCNC1CCC(Nc2cc(-c3cnnc(NCC4(C)CC4)c3)c(F)cn2)CC1. The molecule has 0 aromatic carbocycles. The van der Waals surface area contributed by atoms with Crippen LogP contribution in [0.5, 0.6) is 0 Å². The summed E-state index contributed by atoms with van der Waals surface area (Å²) in [5.41, 5.74) is 1.55. The van der Waals surface area contributed by atoms with Gasteiger partial charge in [-0.25, -0.2) is 9.37 Å². The van der Waals surface area contributed by atoms with Gasteiger partial charge in [-0.15, -0.1) is 5.10 Å². The van der Waals surface area contributed by atoms with E-state index in [1.54, 1.807) is 19.4 Å². The van der Waals surface area contributed by atoms with Gasteiger partial charge < -0.3 is 20.7 Å². The van der Waals surface area contributed by atoms with Gasteiger partial charge >= 0.3 is 0 Å². The predicted molar refractivity (Wildman–Crippen MR) is 121 cm³/mol. The molecule has 0 radical (unpaired) electrons. The fourth-order valence-electron chi connectivity index (χ4n) is 4.05. The summed E-state index contributed by atoms with van der Waals surface area (Å²) in [6, 6.07) is 4.52. The summed E-state index contributed by atoms with van der Waals surface area (Å²) >= 11 is 0. The van der Waals surface area contributed by atoms with Crippen LogP contribution in [0.2, 0.25) is 0 Å². The molecule has 2 aliphatic carbocycles. The molecule has 2 aromatic heterocycles. The molecule has 0 saturated heterocycles. The molecule has 31 heavy (non-hydrogen) atoms. The van der Waals surface area contributed by atoms with Gasteiger partial charge in [0.2, 0.25) is 0 Å². The average molecular weight is 429 g/mol. The van der Waals surface area contributed by atoms with Gasteiger partial charge in [0.05, 0.1) is 19.0 Å². The fourth-order valence-corrected chi connectivity index (χ4v) is 4.05. The lowest BCUT2D eigenvalue weighted by Gasteiger charge is -2.30. The van der Waals surface area contributed by atoms with Crippen LogP contribution in [0, 0.1) is 11.2 Å². The molecule has 0 aliphatic heterocycles. The second kappa shape index (κ2) is 9.87. The van der Waals surface area contributed by atoms with Crippen molar-refractivity contribution in [3.63, 3.8) is 0 Å². The van der Waals surface area contributed by atoms with E-state index in [9.17, 15) is 4.39 Å². The predicted octanol–water partition coefficient (Wildman–Crippen LogP) is 3.85. The number of ether oxygens (including phenoxy) is 1. The quantitative estimate of drug-likeness (QED) is 0.496. The van der Waals surface area contributed by atoms with Gasteiger partial charge in [0.25, 0.3) is 0 Å². The molecule has 0 unspecified atom stereocenters. The lowest BCUT2D eigenvalue weighted by atomic mass is 9.91. The Labute approximate surface area is 183 Å². The lowest BCUT2D eigenvalue weighted by Crippen LogP contribution is -2.38. The highest BCUT2D eigenvalue weighted by Gasteiger charge is 2.36. The van der Waals surface area contributed by atoms with Crippen LogP contribution in [0.25, 0.3) is 11.1 Å². The molecule has 7 nitrogen and oxygen atoms in total. The van der Waals surface area contributed by atoms with E-state index in [1.807, 2.05) is 6.07 Å². The number of anilines is 2. The second-order valence-electron chi connectivity index (χ2n) is 9.18. The summed E-state index contributed by atoms with van der Waals surface area (Å²) < 4.78 is 19.7. The molecule has 8 heteroatoms. The van der Waals surface area contributed by atoms with Gasteiger partial charge in [-0.05, 0) is 56.1 Å². The Kier molecular flexibility index (Phi) is 6.97. The third kappa shape index (κ3) is 6.11. The third-order valence-electron chi connectivity index (χ3n) is 6.44. The van der Waals surface area contributed by atoms with E-state index in [1.165, 1.54) is 19.0 Å². The number of hydrogen-bond acceptors (Lipinski definition) is 7. The molecule has 2 aromatic rings. The number of nitrogens with zero attached hydrogens (tertiary/aromatic N) is 3. The number of methoxy groups -OCH3 is 1. The topological polar surface area (TPSA) is 84.0 Å². The van der Waals surface area contributed by atoms with Gasteiger partial charge in [0.15, 0.2) is 0 Å². The van der Waals surface area contributed by atoms with Crippen LogP contribution < -0.4 is 16.0 Å². The summed E-state index contributed by atoms with van der Waals surface area (Å²) in [5, 5.41) is 18.6. The first-order valence-electron chi connectivity index (χ1n) is 11.3. The number of pyridine rings is 1. The minimum atomic E-state index is -0.357. The van der Waals surface area contributed by atoms with E-state index in [0.717, 1.165) is 45.4 Å². The van der Waals surface area contributed by atoms with Crippen molar-refractivity contribution in [3.8, 4) is 11.1 Å². The van der Waals surface area contributed by atoms with Crippen LogP contribution in [0.15, 0.2) is 24.5 Å². The highest BCUT2D eigenvalue weighted by Crippen LogP contribution is 2.44. The van der Waals surface area contributed by atoms with E-state index in [4.69, 9.17) is 4.74 Å². The molecule has 2 fully saturated rings. The smallest absolute Gasteiger partial charge is 0.149 e. The molecule has 0 atom stereocenters. The Bertz CT molecular complexity index is 867. The van der Waals surface area contributed by atoms with Gasteiger partial charge in [-0.2, -0.15) is 5.10 Å². The summed E-state index contributed by atoms with van der Waals surface area (Å²) in [4.78, 5) is 4.27. The molecule has 3 N–H and O–H groups in total. The van der Waals surface area contributed by atoms with Gasteiger partial charge in [-0.3, -0.25) is 0 Å². The van der Waals surface area contributed by atoms with Crippen molar-refractivity contribution >= 4 is 11.6 Å². The molecule has 0 spiro atoms. The van der Waals surface area contributed by atoms with Crippen LogP contribution in [0.4, 0.5) is 16.0 Å². The average Bonchev–Trinajstić information content (AvgIpc) is 3.53. The van der Waals surface area contributed by atoms with Gasteiger partial charge in [0.1, 0.15) is 17.5 Å². The zero-order valence-corrected chi connectivity index (χ0v) is 18.5. The Morgan fingerprint density at radius 2 is 1.87 bits per heavy atom. The molecule has 0 amide bonds. The van der Waals surface area contributed by atoms with Crippen LogP contribution in [-0.4, -0.2) is 54.1 Å². The number of halogens is 1. The third-order valence-corrected chi connectivity index (χ3v) is 6.44. The van der Waals surface area contributed by atoms with Gasteiger partial charge in [0, 0.05) is 43.4 Å². The minimum absolute atomic E-state index is 0.346. The van der Waals surface area contributed by atoms with Crippen molar-refractivity contribution in [2.75, 3.05) is 37.4 Å². The van der Waals surface area contributed by atoms with E-state index in [2.05, 4.69) is 38.1 Å². The highest BCUT2D eigenvalue weighted by molar-refractivity contribution is 5.68. The molecule has 2 aliphatic rings. The number of aromatic nitrogens is 3. The summed E-state index contributed by atoms with van der Waals surface area (Å²) in [6.07, 6.45) is 9.68. The number of nitrogens with one attached hydrogen (secondary N) is 3. The molecule has 168 valence electrons. The van der Waals surface area contributed by atoms with E-state index in [0.29, 0.717) is 40.3 Å². The standard InChI is InChI=1S/C23H33FN6O/c1-23(7-8-23)15-27-22-11-16(13-28-30-22)19-12-21(26-14-20(19)24)29-18-5-3-17(4-6-18)25-9-10-31-2/h11-14,17-18,25H,3-10,15H2,1-2H3,(H,26,29)(H,27,30). The zero-order valence-electron chi connectivity index (χ0n) is 18.5. The van der Waals surface area contributed by atoms with Crippen molar-refractivity contribution in [3.05, 3.63) is 30.3 Å². The van der Waals surface area contributed by atoms with Crippen molar-refractivity contribution in [1.29, 1.82) is 0 Å². The Morgan fingerprint density at radius 3 is 2.61 bits per heavy atom. The number of hydrogen-bond donors (Lipinski definition) is 3. The van der Waals surface area contributed by atoms with Crippen molar-refractivity contribution < 1.29 is 9.13 Å². The molecular formula is C23H33FN6O. The maximum Gasteiger partial charge on any atom is 0.149 e. The van der Waals surface area contributed by atoms with Crippen molar-refractivity contribution in [2.24, 2.45) is 5.41 Å². The first kappa shape index (κ1) is 21.9. The molecule has 4 rings (SSSR count).